The fourth-order valence-corrected chi connectivity index (χ4v) is 3.45. The second-order valence-corrected chi connectivity index (χ2v) is 7.41. The van der Waals surface area contributed by atoms with Crippen LogP contribution in [-0.2, 0) is 4.57 Å². The van der Waals surface area contributed by atoms with Gasteiger partial charge in [0.1, 0.15) is 5.66 Å². The third-order valence-corrected chi connectivity index (χ3v) is 5.20. The number of benzene rings is 1. The Labute approximate surface area is 131 Å². The van der Waals surface area contributed by atoms with Crippen molar-refractivity contribution < 1.29 is 24.2 Å². The maximum atomic E-state index is 11.8. The molecule has 0 aliphatic heterocycles. The van der Waals surface area contributed by atoms with Crippen LogP contribution in [0.2, 0.25) is 0 Å². The Hall–Kier alpha value is -1.60. The van der Waals surface area contributed by atoms with Crippen LogP contribution in [0.25, 0.3) is 0 Å². The summed E-state index contributed by atoms with van der Waals surface area (Å²) in [5.74, 6) is 0.145. The van der Waals surface area contributed by atoms with Crippen molar-refractivity contribution in [2.75, 3.05) is 19.0 Å². The van der Waals surface area contributed by atoms with Gasteiger partial charge in [0.05, 0.1) is 7.11 Å². The molecule has 1 atom stereocenters. The molecule has 1 unspecified atom stereocenters. The Balaban J connectivity index is 2.33. The third kappa shape index (κ3) is 3.78. The van der Waals surface area contributed by atoms with Crippen LogP contribution in [-0.4, -0.2) is 33.5 Å². The van der Waals surface area contributed by atoms with E-state index in [2.05, 4.69) is 10.3 Å². The highest BCUT2D eigenvalue weighted by Crippen LogP contribution is 2.53. The summed E-state index contributed by atoms with van der Waals surface area (Å²) < 4.78 is 16.9. The highest BCUT2D eigenvalue weighted by molar-refractivity contribution is 7.52. The summed E-state index contributed by atoms with van der Waals surface area (Å²) in [4.78, 5) is 23.3. The molecule has 0 bridgehead atoms. The first kappa shape index (κ1) is 16.8. The molecular formula is C13H17N2O5PS. The lowest BCUT2D eigenvalue weighted by Crippen LogP contribution is -2.13. The first-order chi connectivity index (χ1) is 10.3. The Morgan fingerprint density at radius 3 is 2.73 bits per heavy atom. The van der Waals surface area contributed by atoms with E-state index in [1.54, 1.807) is 24.6 Å². The maximum Gasteiger partial charge on any atom is 0.334 e. The van der Waals surface area contributed by atoms with Crippen LogP contribution in [0, 0.1) is 6.92 Å². The minimum atomic E-state index is -4.40. The zero-order valence-corrected chi connectivity index (χ0v) is 13.8. The van der Waals surface area contributed by atoms with Crippen LogP contribution in [0.1, 0.15) is 16.8 Å². The van der Waals surface area contributed by atoms with Gasteiger partial charge in [-0.3, -0.25) is 4.57 Å². The highest BCUT2D eigenvalue weighted by atomic mass is 32.1. The Morgan fingerprint density at radius 1 is 1.45 bits per heavy atom. The van der Waals surface area contributed by atoms with Gasteiger partial charge >= 0.3 is 7.60 Å². The fourth-order valence-electron chi connectivity index (χ4n) is 2.05. The minimum absolute atomic E-state index is 0.0190. The number of thiazole rings is 1. The average Bonchev–Trinajstić information content (AvgIpc) is 2.94. The van der Waals surface area contributed by atoms with Crippen molar-refractivity contribution >= 4 is 24.1 Å². The van der Waals surface area contributed by atoms with Crippen LogP contribution >= 0.6 is 18.9 Å². The lowest BCUT2D eigenvalue weighted by Gasteiger charge is -2.21. The van der Waals surface area contributed by atoms with E-state index in [0.29, 0.717) is 16.3 Å². The van der Waals surface area contributed by atoms with Crippen LogP contribution in [0.3, 0.4) is 0 Å². The number of anilines is 1. The number of nitrogens with zero attached hydrogens (tertiary/aromatic N) is 1. The summed E-state index contributed by atoms with van der Waals surface area (Å²) in [6.45, 7) is 1.66. The van der Waals surface area contributed by atoms with Gasteiger partial charge in [-0.05, 0) is 24.1 Å². The van der Waals surface area contributed by atoms with E-state index in [4.69, 9.17) is 4.74 Å². The number of aromatic hydroxyl groups is 1. The average molecular weight is 344 g/mol. The molecule has 2 aromatic rings. The van der Waals surface area contributed by atoms with Gasteiger partial charge in [-0.2, -0.15) is 0 Å². The molecule has 0 saturated carbocycles. The molecule has 0 saturated heterocycles. The maximum absolute atomic E-state index is 11.8. The molecule has 9 heteroatoms. The SMILES string of the molecule is COc1cc(C(CNc2nccs2)P(=O)(O)O)cc(C)c1O. The molecule has 1 heterocycles. The molecule has 2 rings (SSSR count). The van der Waals surface area contributed by atoms with Crippen molar-refractivity contribution in [1.82, 2.24) is 4.98 Å². The summed E-state index contributed by atoms with van der Waals surface area (Å²) in [5, 5.41) is 15.1. The predicted octanol–water partition coefficient (Wildman–Crippen LogP) is 2.50. The molecule has 1 aromatic heterocycles. The highest BCUT2D eigenvalue weighted by Gasteiger charge is 2.31. The lowest BCUT2D eigenvalue weighted by molar-refractivity contribution is 0.358. The summed E-state index contributed by atoms with van der Waals surface area (Å²) in [5.41, 5.74) is -0.184. The van der Waals surface area contributed by atoms with E-state index in [-0.39, 0.29) is 18.0 Å². The zero-order chi connectivity index (χ0) is 16.3. The molecule has 1 aromatic carbocycles. The normalized spacial score (nSPS) is 12.9. The number of hydrogen-bond donors (Lipinski definition) is 4. The van der Waals surface area contributed by atoms with Crippen molar-refractivity contribution in [1.29, 1.82) is 0 Å². The quantitative estimate of drug-likeness (QED) is 0.596. The van der Waals surface area contributed by atoms with Crippen molar-refractivity contribution in [3.8, 4) is 11.5 Å². The van der Waals surface area contributed by atoms with Crippen molar-refractivity contribution in [2.45, 2.75) is 12.6 Å². The van der Waals surface area contributed by atoms with E-state index < -0.39 is 13.3 Å². The summed E-state index contributed by atoms with van der Waals surface area (Å²) >= 11 is 1.34. The molecule has 0 amide bonds. The Kier molecular flexibility index (Phi) is 5.08. The predicted molar refractivity (Wildman–Crippen MR) is 84.8 cm³/mol. The molecule has 0 aliphatic carbocycles. The number of aromatic nitrogens is 1. The number of rotatable bonds is 6. The van der Waals surface area contributed by atoms with Gasteiger partial charge in [0.25, 0.3) is 0 Å². The van der Waals surface area contributed by atoms with E-state index in [9.17, 15) is 19.5 Å². The van der Waals surface area contributed by atoms with Crippen LogP contribution < -0.4 is 10.1 Å². The Morgan fingerprint density at radius 2 is 2.18 bits per heavy atom. The van der Waals surface area contributed by atoms with Gasteiger partial charge in [0, 0.05) is 18.1 Å². The molecule has 4 N–H and O–H groups in total. The van der Waals surface area contributed by atoms with Crippen molar-refractivity contribution in [3.63, 3.8) is 0 Å². The first-order valence-electron chi connectivity index (χ1n) is 6.39. The van der Waals surface area contributed by atoms with Crippen molar-refractivity contribution in [3.05, 3.63) is 34.8 Å². The molecule has 0 aliphatic rings. The minimum Gasteiger partial charge on any atom is -0.504 e. The van der Waals surface area contributed by atoms with Gasteiger partial charge in [0.15, 0.2) is 16.6 Å². The molecule has 0 fully saturated rings. The number of nitrogens with one attached hydrogen (secondary N) is 1. The number of methoxy groups -OCH3 is 1. The van der Waals surface area contributed by atoms with E-state index in [0.717, 1.165) is 0 Å². The van der Waals surface area contributed by atoms with E-state index in [1.165, 1.54) is 24.5 Å². The number of ether oxygens (including phenoxy) is 1. The Bertz CT molecular complexity index is 686. The number of phenols is 1. The van der Waals surface area contributed by atoms with Gasteiger partial charge in [0.2, 0.25) is 0 Å². The van der Waals surface area contributed by atoms with Gasteiger partial charge in [-0.15, -0.1) is 11.3 Å². The van der Waals surface area contributed by atoms with E-state index >= 15 is 0 Å². The van der Waals surface area contributed by atoms with Crippen LogP contribution in [0.5, 0.6) is 11.5 Å². The summed E-state index contributed by atoms with van der Waals surface area (Å²) in [6.07, 6.45) is 1.60. The first-order valence-corrected chi connectivity index (χ1v) is 8.95. The van der Waals surface area contributed by atoms with Gasteiger partial charge in [-0.25, -0.2) is 4.98 Å². The fraction of sp³-hybridized carbons (Fsp3) is 0.308. The summed E-state index contributed by atoms with van der Waals surface area (Å²) in [6, 6.07) is 2.99. The molecule has 22 heavy (non-hydrogen) atoms. The molecule has 0 spiro atoms. The molecule has 0 radical (unpaired) electrons. The number of aryl methyl sites for hydroxylation is 1. The zero-order valence-electron chi connectivity index (χ0n) is 12.1. The monoisotopic (exact) mass is 344 g/mol. The third-order valence-electron chi connectivity index (χ3n) is 3.18. The second-order valence-electron chi connectivity index (χ2n) is 4.71. The van der Waals surface area contributed by atoms with Crippen molar-refractivity contribution in [2.24, 2.45) is 0 Å². The number of hydrogen-bond acceptors (Lipinski definition) is 6. The second kappa shape index (κ2) is 6.66. The smallest absolute Gasteiger partial charge is 0.334 e. The molecular weight excluding hydrogens is 327 g/mol. The standard InChI is InChI=1S/C13H17N2O5PS/c1-8-5-9(6-10(20-2)12(8)16)11(21(17,18)19)7-15-13-14-3-4-22-13/h3-6,11,16H,7H2,1-2H3,(H,14,15)(H2,17,18,19). The lowest BCUT2D eigenvalue weighted by atomic mass is 10.1. The molecule has 7 nitrogen and oxygen atoms in total. The van der Waals surface area contributed by atoms with Gasteiger partial charge in [-0.1, -0.05) is 6.07 Å². The van der Waals surface area contributed by atoms with E-state index in [1.807, 2.05) is 0 Å². The van der Waals surface area contributed by atoms with Crippen LogP contribution in [0.4, 0.5) is 5.13 Å². The topological polar surface area (TPSA) is 112 Å². The van der Waals surface area contributed by atoms with Crippen LogP contribution in [0.15, 0.2) is 23.7 Å². The molecule has 120 valence electrons. The van der Waals surface area contributed by atoms with Gasteiger partial charge < -0.3 is 24.9 Å². The summed E-state index contributed by atoms with van der Waals surface area (Å²) in [7, 11) is -3.02. The largest absolute Gasteiger partial charge is 0.504 e. The number of phenolic OH excluding ortho intramolecular Hbond substituents is 1.